The largest absolute Gasteiger partial charge is 0.334 e. The van der Waals surface area contributed by atoms with Crippen LogP contribution in [0.4, 0.5) is 10.1 Å². The number of hydrogen-bond donors (Lipinski definition) is 1. The van der Waals surface area contributed by atoms with Gasteiger partial charge in [0.05, 0.1) is 5.69 Å². The summed E-state index contributed by atoms with van der Waals surface area (Å²) in [6.45, 7) is 0.422. The number of para-hydroxylation sites is 1. The first-order valence-electron chi connectivity index (χ1n) is 8.56. The number of carbonyl (C=O) groups is 2. The Morgan fingerprint density at radius 3 is 2.75 bits per heavy atom. The van der Waals surface area contributed by atoms with Crippen LogP contribution >= 0.6 is 0 Å². The molecule has 1 aliphatic carbocycles. The summed E-state index contributed by atoms with van der Waals surface area (Å²) in [7, 11) is 1.66. The van der Waals surface area contributed by atoms with Crippen molar-refractivity contribution in [3.63, 3.8) is 0 Å². The molecule has 0 aromatic heterocycles. The molecule has 1 aliphatic heterocycles. The molecule has 0 spiro atoms. The zero-order valence-electron chi connectivity index (χ0n) is 14.0. The SMILES string of the molecule is CN(C(=O)C[C@@H]1CCC[C@H]1N)C1CCN(c2ccccc2F)C1=O. The summed E-state index contributed by atoms with van der Waals surface area (Å²) < 4.78 is 13.9. The molecule has 0 bridgehead atoms. The summed E-state index contributed by atoms with van der Waals surface area (Å²) in [6.07, 6.45) is 3.91. The van der Waals surface area contributed by atoms with Gasteiger partial charge in [0.2, 0.25) is 11.8 Å². The van der Waals surface area contributed by atoms with Crippen molar-refractivity contribution < 1.29 is 14.0 Å². The third kappa shape index (κ3) is 3.15. The second kappa shape index (κ2) is 6.89. The molecule has 2 fully saturated rings. The van der Waals surface area contributed by atoms with Gasteiger partial charge in [0.25, 0.3) is 0 Å². The smallest absolute Gasteiger partial charge is 0.249 e. The molecule has 2 aliphatic rings. The van der Waals surface area contributed by atoms with Gasteiger partial charge >= 0.3 is 0 Å². The van der Waals surface area contributed by atoms with E-state index in [1.54, 1.807) is 25.2 Å². The molecule has 1 aromatic carbocycles. The Morgan fingerprint density at radius 2 is 2.08 bits per heavy atom. The maximum atomic E-state index is 13.9. The standard InChI is InChI=1S/C18H24FN3O2/c1-21(17(23)11-12-5-4-7-14(12)20)16-9-10-22(18(16)24)15-8-3-2-6-13(15)19/h2-3,6,8,12,14,16H,4-5,7,9-11,20H2,1H3/t12-,14+,16?/m0/s1. The normalized spacial score (nSPS) is 26.9. The van der Waals surface area contributed by atoms with E-state index >= 15 is 0 Å². The summed E-state index contributed by atoms with van der Waals surface area (Å²) in [5, 5.41) is 0. The first-order valence-corrected chi connectivity index (χ1v) is 8.56. The number of halogens is 1. The maximum absolute atomic E-state index is 13.9. The minimum atomic E-state index is -0.519. The fourth-order valence-corrected chi connectivity index (χ4v) is 3.80. The van der Waals surface area contributed by atoms with Gasteiger partial charge in [-0.2, -0.15) is 0 Å². The van der Waals surface area contributed by atoms with E-state index in [0.29, 0.717) is 19.4 Å². The van der Waals surface area contributed by atoms with Gasteiger partial charge in [0, 0.05) is 26.1 Å². The Labute approximate surface area is 141 Å². The summed E-state index contributed by atoms with van der Waals surface area (Å²) >= 11 is 0. The first-order chi connectivity index (χ1) is 11.5. The number of nitrogens with two attached hydrogens (primary N) is 1. The molecule has 24 heavy (non-hydrogen) atoms. The highest BCUT2D eigenvalue weighted by Gasteiger charge is 2.38. The number of rotatable bonds is 4. The number of anilines is 1. The van der Waals surface area contributed by atoms with E-state index < -0.39 is 11.9 Å². The predicted molar refractivity (Wildman–Crippen MR) is 89.9 cm³/mol. The second-order valence-corrected chi connectivity index (χ2v) is 6.81. The number of likely N-dealkylation sites (N-methyl/N-ethyl adjacent to an activating group) is 1. The van der Waals surface area contributed by atoms with Crippen LogP contribution in [0.2, 0.25) is 0 Å². The van der Waals surface area contributed by atoms with E-state index in [0.717, 1.165) is 19.3 Å². The van der Waals surface area contributed by atoms with Crippen molar-refractivity contribution >= 4 is 17.5 Å². The minimum absolute atomic E-state index is 0.0499. The molecule has 0 radical (unpaired) electrons. The number of nitrogens with zero attached hydrogens (tertiary/aromatic N) is 2. The summed E-state index contributed by atoms with van der Waals surface area (Å²) in [6, 6.07) is 5.79. The fourth-order valence-electron chi connectivity index (χ4n) is 3.80. The first kappa shape index (κ1) is 16.9. The molecule has 2 amide bonds. The molecule has 1 saturated carbocycles. The predicted octanol–water partition coefficient (Wildman–Crippen LogP) is 1.91. The lowest BCUT2D eigenvalue weighted by molar-refractivity contribution is -0.137. The third-order valence-electron chi connectivity index (χ3n) is 5.34. The lowest BCUT2D eigenvalue weighted by Crippen LogP contribution is -2.44. The quantitative estimate of drug-likeness (QED) is 0.915. The average Bonchev–Trinajstić information content (AvgIpc) is 3.13. The van der Waals surface area contributed by atoms with Crippen molar-refractivity contribution in [3.8, 4) is 0 Å². The van der Waals surface area contributed by atoms with Crippen molar-refractivity contribution in [2.24, 2.45) is 11.7 Å². The molecule has 5 nitrogen and oxygen atoms in total. The van der Waals surface area contributed by atoms with Gasteiger partial charge in [-0.05, 0) is 37.3 Å². The third-order valence-corrected chi connectivity index (χ3v) is 5.34. The molecule has 1 aromatic rings. The van der Waals surface area contributed by atoms with Crippen LogP contribution in [0, 0.1) is 11.7 Å². The van der Waals surface area contributed by atoms with Gasteiger partial charge in [0.15, 0.2) is 0 Å². The van der Waals surface area contributed by atoms with Crippen molar-refractivity contribution in [3.05, 3.63) is 30.1 Å². The Hall–Kier alpha value is -1.95. The number of hydrogen-bond acceptors (Lipinski definition) is 3. The van der Waals surface area contributed by atoms with Crippen LogP contribution in [-0.2, 0) is 9.59 Å². The summed E-state index contributed by atoms with van der Waals surface area (Å²) in [4.78, 5) is 28.1. The van der Waals surface area contributed by atoms with Gasteiger partial charge in [0.1, 0.15) is 11.9 Å². The topological polar surface area (TPSA) is 66.6 Å². The van der Waals surface area contributed by atoms with Gasteiger partial charge in [-0.25, -0.2) is 4.39 Å². The molecular weight excluding hydrogens is 309 g/mol. The molecule has 6 heteroatoms. The molecular formula is C18H24FN3O2. The number of benzene rings is 1. The Kier molecular flexibility index (Phi) is 4.85. The van der Waals surface area contributed by atoms with Crippen LogP contribution in [0.1, 0.15) is 32.1 Å². The van der Waals surface area contributed by atoms with Gasteiger partial charge < -0.3 is 15.5 Å². The van der Waals surface area contributed by atoms with Gasteiger partial charge in [-0.1, -0.05) is 18.6 Å². The molecule has 1 unspecified atom stereocenters. The lowest BCUT2D eigenvalue weighted by atomic mass is 9.99. The van der Waals surface area contributed by atoms with Crippen LogP contribution < -0.4 is 10.6 Å². The molecule has 3 rings (SSSR count). The van der Waals surface area contributed by atoms with E-state index in [2.05, 4.69) is 0 Å². The highest BCUT2D eigenvalue weighted by Crippen LogP contribution is 2.29. The fraction of sp³-hybridized carbons (Fsp3) is 0.556. The van der Waals surface area contributed by atoms with Crippen LogP contribution in [0.5, 0.6) is 0 Å². The van der Waals surface area contributed by atoms with Crippen molar-refractivity contribution in [1.82, 2.24) is 4.90 Å². The van der Waals surface area contributed by atoms with E-state index in [9.17, 15) is 14.0 Å². The Morgan fingerprint density at radius 1 is 1.33 bits per heavy atom. The van der Waals surface area contributed by atoms with E-state index in [1.807, 2.05) is 0 Å². The van der Waals surface area contributed by atoms with Crippen LogP contribution in [0.25, 0.3) is 0 Å². The van der Waals surface area contributed by atoms with Gasteiger partial charge in [-0.3, -0.25) is 9.59 Å². The van der Waals surface area contributed by atoms with Gasteiger partial charge in [-0.15, -0.1) is 0 Å². The number of amides is 2. The molecule has 2 N–H and O–H groups in total. The van der Waals surface area contributed by atoms with Crippen LogP contribution in [0.3, 0.4) is 0 Å². The number of carbonyl (C=O) groups excluding carboxylic acids is 2. The highest BCUT2D eigenvalue weighted by molar-refractivity contribution is 6.01. The molecule has 130 valence electrons. The Bertz CT molecular complexity index is 636. The molecule has 1 saturated heterocycles. The van der Waals surface area contributed by atoms with Crippen molar-refractivity contribution in [2.45, 2.75) is 44.2 Å². The van der Waals surface area contributed by atoms with Crippen LogP contribution in [-0.4, -0.2) is 42.4 Å². The minimum Gasteiger partial charge on any atom is -0.334 e. The lowest BCUT2D eigenvalue weighted by Gasteiger charge is -2.26. The monoisotopic (exact) mass is 333 g/mol. The summed E-state index contributed by atoms with van der Waals surface area (Å²) in [5.41, 5.74) is 6.32. The van der Waals surface area contributed by atoms with Crippen molar-refractivity contribution in [1.29, 1.82) is 0 Å². The highest BCUT2D eigenvalue weighted by atomic mass is 19.1. The molecule has 3 atom stereocenters. The Balaban J connectivity index is 1.66. The van der Waals surface area contributed by atoms with Crippen molar-refractivity contribution in [2.75, 3.05) is 18.5 Å². The zero-order chi connectivity index (χ0) is 17.3. The average molecular weight is 333 g/mol. The maximum Gasteiger partial charge on any atom is 0.249 e. The summed E-state index contributed by atoms with van der Waals surface area (Å²) in [5.74, 6) is -0.478. The zero-order valence-corrected chi connectivity index (χ0v) is 14.0. The van der Waals surface area contributed by atoms with E-state index in [1.165, 1.54) is 15.9 Å². The molecule has 1 heterocycles. The van der Waals surface area contributed by atoms with E-state index in [4.69, 9.17) is 5.73 Å². The second-order valence-electron chi connectivity index (χ2n) is 6.81. The van der Waals surface area contributed by atoms with Crippen LogP contribution in [0.15, 0.2) is 24.3 Å². The van der Waals surface area contributed by atoms with E-state index in [-0.39, 0.29) is 29.5 Å².